The smallest absolute Gasteiger partial charge is 0.141 e. The first-order valence-corrected chi connectivity index (χ1v) is 4.23. The van der Waals surface area contributed by atoms with Crippen molar-refractivity contribution in [3.05, 3.63) is 24.0 Å². The second kappa shape index (κ2) is 3.05. The Morgan fingerprint density at radius 3 is 2.77 bits per heavy atom. The third-order valence-corrected chi connectivity index (χ3v) is 1.84. The number of nitrogens with one attached hydrogen (secondary N) is 1. The second-order valence-corrected chi connectivity index (χ2v) is 3.11. The van der Waals surface area contributed by atoms with Gasteiger partial charge in [0, 0.05) is 0 Å². The fourth-order valence-corrected chi connectivity index (χ4v) is 0.988. The summed E-state index contributed by atoms with van der Waals surface area (Å²) in [4.78, 5) is 3.98. The van der Waals surface area contributed by atoms with Gasteiger partial charge in [-0.25, -0.2) is 4.98 Å². The first-order chi connectivity index (χ1) is 6.25. The average molecular weight is 177 g/mol. The molecule has 0 saturated heterocycles. The van der Waals surface area contributed by atoms with Gasteiger partial charge in [0.1, 0.15) is 17.3 Å². The number of ether oxygens (including phenoxy) is 1. The van der Waals surface area contributed by atoms with E-state index in [0.717, 1.165) is 18.6 Å². The third-order valence-electron chi connectivity index (χ3n) is 1.84. The molecule has 1 heterocycles. The zero-order valence-corrected chi connectivity index (χ0v) is 7.16. The standard InChI is InChI=1S/C9H11N3O/c10-9(11)8-4-3-7(5-12-8)13-6-1-2-6/h3-6H,1-2H2,(H3,10,11). The number of pyridine rings is 1. The minimum Gasteiger partial charge on any atom is -0.489 e. The summed E-state index contributed by atoms with van der Waals surface area (Å²) in [7, 11) is 0. The van der Waals surface area contributed by atoms with Crippen molar-refractivity contribution in [3.8, 4) is 5.75 Å². The Morgan fingerprint density at radius 2 is 2.31 bits per heavy atom. The number of amidine groups is 1. The fraction of sp³-hybridized carbons (Fsp3) is 0.333. The Labute approximate surface area is 76.2 Å². The third kappa shape index (κ3) is 1.96. The van der Waals surface area contributed by atoms with Gasteiger partial charge in [-0.05, 0) is 25.0 Å². The SMILES string of the molecule is N=C(N)c1ccc(OC2CC2)cn1. The Bertz CT molecular complexity index is 316. The van der Waals surface area contributed by atoms with Crippen LogP contribution in [-0.2, 0) is 0 Å². The van der Waals surface area contributed by atoms with Crippen LogP contribution >= 0.6 is 0 Å². The molecule has 4 nitrogen and oxygen atoms in total. The van der Waals surface area contributed by atoms with Crippen LogP contribution in [-0.4, -0.2) is 16.9 Å². The average Bonchev–Trinajstić information content (AvgIpc) is 2.89. The number of hydrogen-bond acceptors (Lipinski definition) is 3. The quantitative estimate of drug-likeness (QED) is 0.532. The molecule has 1 aromatic rings. The lowest BCUT2D eigenvalue weighted by molar-refractivity contribution is 0.302. The largest absolute Gasteiger partial charge is 0.489 e. The summed E-state index contributed by atoms with van der Waals surface area (Å²) in [5.74, 6) is 0.741. The molecule has 3 N–H and O–H groups in total. The highest BCUT2D eigenvalue weighted by atomic mass is 16.5. The van der Waals surface area contributed by atoms with E-state index in [-0.39, 0.29) is 5.84 Å². The highest BCUT2D eigenvalue weighted by Crippen LogP contribution is 2.25. The monoisotopic (exact) mass is 177 g/mol. The molecular weight excluding hydrogens is 166 g/mol. The normalized spacial score (nSPS) is 15.4. The summed E-state index contributed by atoms with van der Waals surface area (Å²) in [6, 6.07) is 3.49. The lowest BCUT2D eigenvalue weighted by atomic mass is 10.3. The van der Waals surface area contributed by atoms with Crippen molar-refractivity contribution in [2.75, 3.05) is 0 Å². The van der Waals surface area contributed by atoms with Crippen LogP contribution in [0, 0.1) is 5.41 Å². The highest BCUT2D eigenvalue weighted by molar-refractivity contribution is 5.92. The molecule has 1 saturated carbocycles. The summed E-state index contributed by atoms with van der Waals surface area (Å²) >= 11 is 0. The number of rotatable bonds is 3. The fourth-order valence-electron chi connectivity index (χ4n) is 0.988. The molecule has 0 radical (unpaired) electrons. The maximum atomic E-state index is 7.13. The first kappa shape index (κ1) is 8.04. The molecular formula is C9H11N3O. The van der Waals surface area contributed by atoms with Crippen molar-refractivity contribution in [1.82, 2.24) is 4.98 Å². The van der Waals surface area contributed by atoms with Crippen LogP contribution in [0.25, 0.3) is 0 Å². The van der Waals surface area contributed by atoms with Crippen LogP contribution in [0.15, 0.2) is 18.3 Å². The van der Waals surface area contributed by atoms with Crippen molar-refractivity contribution in [2.45, 2.75) is 18.9 Å². The number of aromatic nitrogens is 1. The van der Waals surface area contributed by atoms with E-state index >= 15 is 0 Å². The van der Waals surface area contributed by atoms with Gasteiger partial charge in [-0.2, -0.15) is 0 Å². The number of nitrogens with zero attached hydrogens (tertiary/aromatic N) is 1. The van der Waals surface area contributed by atoms with Gasteiger partial charge in [0.15, 0.2) is 0 Å². The lowest BCUT2D eigenvalue weighted by Crippen LogP contribution is -2.12. The molecule has 1 aliphatic carbocycles. The molecule has 0 aliphatic heterocycles. The Hall–Kier alpha value is -1.58. The van der Waals surface area contributed by atoms with Crippen molar-refractivity contribution in [1.29, 1.82) is 5.41 Å². The molecule has 1 fully saturated rings. The molecule has 0 bridgehead atoms. The molecule has 13 heavy (non-hydrogen) atoms. The molecule has 4 heteroatoms. The molecule has 2 rings (SSSR count). The van der Waals surface area contributed by atoms with E-state index in [1.54, 1.807) is 18.3 Å². The van der Waals surface area contributed by atoms with Gasteiger partial charge >= 0.3 is 0 Å². The number of nitrogen functional groups attached to an aromatic ring is 1. The van der Waals surface area contributed by atoms with Crippen molar-refractivity contribution >= 4 is 5.84 Å². The van der Waals surface area contributed by atoms with Gasteiger partial charge < -0.3 is 10.5 Å². The minimum atomic E-state index is -0.0158. The van der Waals surface area contributed by atoms with E-state index in [9.17, 15) is 0 Å². The summed E-state index contributed by atoms with van der Waals surface area (Å²) in [5, 5.41) is 7.13. The molecule has 0 unspecified atom stereocenters. The summed E-state index contributed by atoms with van der Waals surface area (Å²) in [6.45, 7) is 0. The summed E-state index contributed by atoms with van der Waals surface area (Å²) in [6.07, 6.45) is 4.25. The maximum Gasteiger partial charge on any atom is 0.141 e. The highest BCUT2D eigenvalue weighted by Gasteiger charge is 2.23. The zero-order chi connectivity index (χ0) is 9.26. The molecule has 0 amide bonds. The summed E-state index contributed by atoms with van der Waals surface area (Å²) in [5.41, 5.74) is 5.75. The Kier molecular flexibility index (Phi) is 1.88. The molecule has 0 spiro atoms. The topological polar surface area (TPSA) is 72.0 Å². The lowest BCUT2D eigenvalue weighted by Gasteiger charge is -2.03. The summed E-state index contributed by atoms with van der Waals surface area (Å²) < 4.78 is 5.49. The van der Waals surface area contributed by atoms with E-state index in [0.29, 0.717) is 11.8 Å². The van der Waals surface area contributed by atoms with Crippen LogP contribution in [0.3, 0.4) is 0 Å². The predicted molar refractivity (Wildman–Crippen MR) is 48.9 cm³/mol. The van der Waals surface area contributed by atoms with Gasteiger partial charge in [0.2, 0.25) is 0 Å². The van der Waals surface area contributed by atoms with Gasteiger partial charge in [-0.1, -0.05) is 0 Å². The van der Waals surface area contributed by atoms with E-state index in [2.05, 4.69) is 4.98 Å². The maximum absolute atomic E-state index is 7.13. The molecule has 1 aliphatic rings. The predicted octanol–water partition coefficient (Wildman–Crippen LogP) is 0.907. The van der Waals surface area contributed by atoms with Crippen LogP contribution in [0.1, 0.15) is 18.5 Å². The van der Waals surface area contributed by atoms with E-state index < -0.39 is 0 Å². The van der Waals surface area contributed by atoms with Gasteiger partial charge in [-0.15, -0.1) is 0 Å². The van der Waals surface area contributed by atoms with E-state index in [1.807, 2.05) is 0 Å². The number of hydrogen-bond donors (Lipinski definition) is 2. The van der Waals surface area contributed by atoms with Crippen molar-refractivity contribution in [3.63, 3.8) is 0 Å². The minimum absolute atomic E-state index is 0.0158. The molecule has 68 valence electrons. The second-order valence-electron chi connectivity index (χ2n) is 3.11. The first-order valence-electron chi connectivity index (χ1n) is 4.23. The van der Waals surface area contributed by atoms with Crippen LogP contribution in [0.4, 0.5) is 0 Å². The van der Waals surface area contributed by atoms with Gasteiger partial charge in [0.25, 0.3) is 0 Å². The van der Waals surface area contributed by atoms with E-state index in [4.69, 9.17) is 15.9 Å². The number of nitrogens with two attached hydrogens (primary N) is 1. The zero-order valence-electron chi connectivity index (χ0n) is 7.16. The molecule has 0 atom stereocenters. The van der Waals surface area contributed by atoms with Crippen LogP contribution in [0.5, 0.6) is 5.75 Å². The van der Waals surface area contributed by atoms with E-state index in [1.165, 1.54) is 0 Å². The Morgan fingerprint density at radius 1 is 1.54 bits per heavy atom. The van der Waals surface area contributed by atoms with Crippen molar-refractivity contribution in [2.24, 2.45) is 5.73 Å². The van der Waals surface area contributed by atoms with Crippen molar-refractivity contribution < 1.29 is 4.74 Å². The van der Waals surface area contributed by atoms with Gasteiger partial charge in [-0.3, -0.25) is 5.41 Å². The molecule has 1 aromatic heterocycles. The Balaban J connectivity index is 2.08. The van der Waals surface area contributed by atoms with Crippen LogP contribution < -0.4 is 10.5 Å². The molecule has 0 aromatic carbocycles. The van der Waals surface area contributed by atoms with Crippen LogP contribution in [0.2, 0.25) is 0 Å². The van der Waals surface area contributed by atoms with Gasteiger partial charge in [0.05, 0.1) is 12.3 Å².